The molecule has 0 aromatic heterocycles. The molecule has 0 atom stereocenters. The zero-order valence-corrected chi connectivity index (χ0v) is 19.2. The number of halogens is 2. The summed E-state index contributed by atoms with van der Waals surface area (Å²) in [6.07, 6.45) is 2.48. The molecule has 160 valence electrons. The maximum absolute atomic E-state index is 12.8. The van der Waals surface area contributed by atoms with Crippen molar-refractivity contribution in [1.82, 2.24) is 4.90 Å². The Morgan fingerprint density at radius 1 is 1.16 bits per heavy atom. The van der Waals surface area contributed by atoms with Crippen LogP contribution in [-0.2, 0) is 9.59 Å². The Kier molecular flexibility index (Phi) is 6.71. The molecule has 1 fully saturated rings. The fourth-order valence-electron chi connectivity index (χ4n) is 3.04. The molecule has 2 heterocycles. The number of amides is 2. The zero-order chi connectivity index (χ0) is 22.0. The monoisotopic (exact) mass is 494 g/mol. The van der Waals surface area contributed by atoms with Crippen LogP contribution in [0.25, 0.3) is 6.08 Å². The molecule has 0 saturated carbocycles. The third-order valence-corrected chi connectivity index (χ3v) is 6.67. The summed E-state index contributed by atoms with van der Waals surface area (Å²) < 4.78 is 11.1. The zero-order valence-electron chi connectivity index (χ0n) is 16.0. The molecule has 2 aliphatic rings. The fourth-order valence-corrected chi connectivity index (χ4v) is 4.65. The average Bonchev–Trinajstić information content (AvgIpc) is 3.30. The third-order valence-electron chi connectivity index (χ3n) is 4.56. The van der Waals surface area contributed by atoms with Crippen LogP contribution in [-0.4, -0.2) is 34.4 Å². The van der Waals surface area contributed by atoms with Crippen molar-refractivity contribution in [2.75, 3.05) is 18.7 Å². The van der Waals surface area contributed by atoms with E-state index in [0.717, 1.165) is 5.56 Å². The van der Waals surface area contributed by atoms with Gasteiger partial charge >= 0.3 is 0 Å². The molecule has 1 saturated heterocycles. The normalized spacial score (nSPS) is 16.3. The van der Waals surface area contributed by atoms with Crippen LogP contribution in [0.4, 0.5) is 5.69 Å². The van der Waals surface area contributed by atoms with Crippen molar-refractivity contribution in [3.63, 3.8) is 0 Å². The van der Waals surface area contributed by atoms with Crippen molar-refractivity contribution in [3.8, 4) is 11.5 Å². The fraction of sp³-hybridized carbons (Fsp3) is 0.190. The van der Waals surface area contributed by atoms with Gasteiger partial charge in [0.25, 0.3) is 5.91 Å². The summed E-state index contributed by atoms with van der Waals surface area (Å²) in [5, 5.41) is 3.55. The summed E-state index contributed by atoms with van der Waals surface area (Å²) >= 11 is 18.4. The summed E-state index contributed by atoms with van der Waals surface area (Å²) in [5.41, 5.74) is 1.39. The summed E-state index contributed by atoms with van der Waals surface area (Å²) in [4.78, 5) is 27.0. The van der Waals surface area contributed by atoms with Gasteiger partial charge in [-0.15, -0.1) is 0 Å². The van der Waals surface area contributed by atoms with Gasteiger partial charge in [-0.2, -0.15) is 0 Å². The van der Waals surface area contributed by atoms with Crippen molar-refractivity contribution in [2.24, 2.45) is 0 Å². The van der Waals surface area contributed by atoms with Gasteiger partial charge in [-0.05, 0) is 48.4 Å². The topological polar surface area (TPSA) is 67.9 Å². The maximum atomic E-state index is 12.8. The van der Waals surface area contributed by atoms with E-state index in [1.54, 1.807) is 30.3 Å². The van der Waals surface area contributed by atoms with Crippen LogP contribution in [0.5, 0.6) is 11.5 Å². The second-order valence-electron chi connectivity index (χ2n) is 6.73. The van der Waals surface area contributed by atoms with E-state index in [1.807, 2.05) is 12.1 Å². The molecule has 1 N–H and O–H groups in total. The molecular formula is C21H16Cl2N2O4S2. The molecule has 10 heteroatoms. The Balaban J connectivity index is 1.32. The number of benzene rings is 2. The number of fused-ring (bicyclic) bond motifs is 1. The van der Waals surface area contributed by atoms with E-state index in [9.17, 15) is 9.59 Å². The minimum Gasteiger partial charge on any atom is -0.454 e. The molecule has 2 aromatic carbocycles. The number of rotatable bonds is 6. The van der Waals surface area contributed by atoms with Gasteiger partial charge in [0.1, 0.15) is 4.32 Å². The highest BCUT2D eigenvalue weighted by molar-refractivity contribution is 8.26. The molecule has 2 aromatic rings. The van der Waals surface area contributed by atoms with Crippen LogP contribution in [0.2, 0.25) is 10.0 Å². The van der Waals surface area contributed by atoms with Gasteiger partial charge in [0.15, 0.2) is 11.5 Å². The number of anilines is 1. The highest BCUT2D eigenvalue weighted by Crippen LogP contribution is 2.36. The number of thiocarbonyl (C=S) groups is 1. The number of nitrogens with zero attached hydrogens (tertiary/aromatic N) is 1. The number of carbonyl (C=O) groups is 2. The molecule has 2 amide bonds. The molecule has 6 nitrogen and oxygen atoms in total. The van der Waals surface area contributed by atoms with E-state index in [2.05, 4.69) is 5.32 Å². The summed E-state index contributed by atoms with van der Waals surface area (Å²) in [6.45, 7) is 0.553. The molecule has 0 unspecified atom stereocenters. The molecule has 0 aliphatic carbocycles. The lowest BCUT2D eigenvalue weighted by Gasteiger charge is -2.14. The predicted molar refractivity (Wildman–Crippen MR) is 127 cm³/mol. The lowest BCUT2D eigenvalue weighted by molar-refractivity contribution is -0.122. The first-order chi connectivity index (χ1) is 14.9. The van der Waals surface area contributed by atoms with Crippen LogP contribution in [0, 0.1) is 0 Å². The standard InChI is InChI=1S/C21H16Cl2N2O4S2/c22-14-5-4-13(10-15(14)23)24-19(26)2-1-7-25-20(27)18(31-21(25)30)9-12-3-6-16-17(8-12)29-11-28-16/h3-6,8-10H,1-2,7,11H2,(H,24,26). The van der Waals surface area contributed by atoms with Gasteiger partial charge in [0.2, 0.25) is 12.7 Å². The van der Waals surface area contributed by atoms with E-state index in [0.29, 0.717) is 49.4 Å². The Labute approximate surface area is 198 Å². The van der Waals surface area contributed by atoms with Gasteiger partial charge in [-0.1, -0.05) is 53.2 Å². The van der Waals surface area contributed by atoms with E-state index in [4.69, 9.17) is 44.9 Å². The van der Waals surface area contributed by atoms with Gasteiger partial charge in [-0.3, -0.25) is 14.5 Å². The summed E-state index contributed by atoms with van der Waals surface area (Å²) in [5.74, 6) is 0.985. The molecule has 0 spiro atoms. The first-order valence-corrected chi connectivity index (χ1v) is 11.3. The SMILES string of the molecule is O=C(CCCN1C(=O)C(=Cc2ccc3c(c2)OCO3)SC1=S)Nc1ccc(Cl)c(Cl)c1. The molecule has 2 aliphatic heterocycles. The van der Waals surface area contributed by atoms with Crippen molar-refractivity contribution < 1.29 is 19.1 Å². The van der Waals surface area contributed by atoms with Crippen LogP contribution in [0.1, 0.15) is 18.4 Å². The lowest BCUT2D eigenvalue weighted by Crippen LogP contribution is -2.29. The van der Waals surface area contributed by atoms with E-state index in [1.165, 1.54) is 16.7 Å². The van der Waals surface area contributed by atoms with Gasteiger partial charge < -0.3 is 14.8 Å². The highest BCUT2D eigenvalue weighted by Gasteiger charge is 2.31. The average molecular weight is 495 g/mol. The Bertz CT molecular complexity index is 1110. The molecule has 4 rings (SSSR count). The number of nitrogens with one attached hydrogen (secondary N) is 1. The van der Waals surface area contributed by atoms with E-state index in [-0.39, 0.29) is 25.0 Å². The second-order valence-corrected chi connectivity index (χ2v) is 9.22. The number of ether oxygens (including phenoxy) is 2. The lowest BCUT2D eigenvalue weighted by atomic mass is 10.2. The number of hydrogen-bond acceptors (Lipinski definition) is 6. The molecule has 0 radical (unpaired) electrons. The maximum Gasteiger partial charge on any atom is 0.266 e. The third kappa shape index (κ3) is 5.15. The molecular weight excluding hydrogens is 479 g/mol. The smallest absolute Gasteiger partial charge is 0.266 e. The number of hydrogen-bond donors (Lipinski definition) is 1. The van der Waals surface area contributed by atoms with Gasteiger partial charge in [0.05, 0.1) is 15.0 Å². The van der Waals surface area contributed by atoms with Crippen molar-refractivity contribution in [1.29, 1.82) is 0 Å². The predicted octanol–water partition coefficient (Wildman–Crippen LogP) is 5.34. The van der Waals surface area contributed by atoms with Crippen LogP contribution in [0.15, 0.2) is 41.3 Å². The highest BCUT2D eigenvalue weighted by atomic mass is 35.5. The minimum atomic E-state index is -0.181. The number of carbonyl (C=O) groups excluding carboxylic acids is 2. The van der Waals surface area contributed by atoms with Crippen LogP contribution in [0.3, 0.4) is 0 Å². The summed E-state index contributed by atoms with van der Waals surface area (Å²) in [7, 11) is 0. The first-order valence-electron chi connectivity index (χ1n) is 9.30. The van der Waals surface area contributed by atoms with Crippen molar-refractivity contribution in [3.05, 3.63) is 56.9 Å². The Morgan fingerprint density at radius 2 is 1.97 bits per heavy atom. The Hall–Kier alpha value is -2.26. The summed E-state index contributed by atoms with van der Waals surface area (Å²) in [6, 6.07) is 10.4. The van der Waals surface area contributed by atoms with Crippen molar-refractivity contribution >= 4 is 75.1 Å². The second kappa shape index (κ2) is 9.48. The molecule has 0 bridgehead atoms. The quantitative estimate of drug-likeness (QED) is 0.431. The van der Waals surface area contributed by atoms with E-state index >= 15 is 0 Å². The van der Waals surface area contributed by atoms with Crippen molar-refractivity contribution in [2.45, 2.75) is 12.8 Å². The van der Waals surface area contributed by atoms with Gasteiger partial charge in [0, 0.05) is 18.7 Å². The first kappa shape index (κ1) is 22.0. The number of thioether (sulfide) groups is 1. The van der Waals surface area contributed by atoms with Gasteiger partial charge in [-0.25, -0.2) is 0 Å². The largest absolute Gasteiger partial charge is 0.454 e. The minimum absolute atomic E-state index is 0.169. The van der Waals surface area contributed by atoms with E-state index < -0.39 is 0 Å². The molecule has 31 heavy (non-hydrogen) atoms. The Morgan fingerprint density at radius 3 is 2.77 bits per heavy atom. The van der Waals surface area contributed by atoms with Crippen LogP contribution >= 0.6 is 47.2 Å². The van der Waals surface area contributed by atoms with Crippen LogP contribution < -0.4 is 14.8 Å².